The Morgan fingerprint density at radius 3 is 2.63 bits per heavy atom. The van der Waals surface area contributed by atoms with Crippen molar-refractivity contribution in [2.24, 2.45) is 5.92 Å². The molecule has 27 heavy (non-hydrogen) atoms. The van der Waals surface area contributed by atoms with Gasteiger partial charge >= 0.3 is 5.97 Å². The third-order valence-corrected chi connectivity index (χ3v) is 4.06. The van der Waals surface area contributed by atoms with Gasteiger partial charge in [0.15, 0.2) is 0 Å². The van der Waals surface area contributed by atoms with Gasteiger partial charge in [0.25, 0.3) is 5.91 Å². The number of halogens is 1. The van der Waals surface area contributed by atoms with E-state index in [9.17, 15) is 9.59 Å². The predicted molar refractivity (Wildman–Crippen MR) is 105 cm³/mol. The molecule has 0 radical (unpaired) electrons. The van der Waals surface area contributed by atoms with Crippen molar-refractivity contribution in [1.29, 1.82) is 0 Å². The number of aromatic nitrogens is 2. The first-order valence-electron chi connectivity index (χ1n) is 8.59. The lowest BCUT2D eigenvalue weighted by Gasteiger charge is -2.11. The van der Waals surface area contributed by atoms with Gasteiger partial charge in [0.1, 0.15) is 17.3 Å². The molecule has 1 amide bonds. The van der Waals surface area contributed by atoms with Crippen LogP contribution in [0.2, 0.25) is 5.02 Å². The number of nitrogens with one attached hydrogen (secondary N) is 2. The number of methoxy groups -OCH3 is 1. The molecule has 0 aliphatic rings. The number of carbonyl (C=O) groups excluding carboxylic acids is 2. The van der Waals surface area contributed by atoms with Gasteiger partial charge in [0.2, 0.25) is 0 Å². The largest absolute Gasteiger partial charge is 0.465 e. The molecule has 1 heterocycles. The Morgan fingerprint density at radius 1 is 1.22 bits per heavy atom. The van der Waals surface area contributed by atoms with E-state index in [1.54, 1.807) is 13.0 Å². The van der Waals surface area contributed by atoms with Gasteiger partial charge in [0.05, 0.1) is 23.4 Å². The molecule has 2 rings (SSSR count). The molecule has 144 valence electrons. The average molecular weight is 391 g/mol. The zero-order valence-corrected chi connectivity index (χ0v) is 16.6. The third-order valence-electron chi connectivity index (χ3n) is 3.73. The molecule has 0 saturated carbocycles. The van der Waals surface area contributed by atoms with Crippen molar-refractivity contribution in [3.8, 4) is 0 Å². The van der Waals surface area contributed by atoms with E-state index >= 15 is 0 Å². The van der Waals surface area contributed by atoms with Crippen LogP contribution in [0.15, 0.2) is 24.3 Å². The highest BCUT2D eigenvalue weighted by Gasteiger charge is 2.15. The van der Waals surface area contributed by atoms with E-state index in [0.29, 0.717) is 28.3 Å². The Hall–Kier alpha value is -2.67. The molecule has 0 atom stereocenters. The zero-order chi connectivity index (χ0) is 20.0. The molecule has 2 aromatic rings. The van der Waals surface area contributed by atoms with Crippen LogP contribution in [-0.4, -0.2) is 35.5 Å². The maximum atomic E-state index is 12.6. The van der Waals surface area contributed by atoms with Crippen LogP contribution in [0.1, 0.15) is 46.9 Å². The van der Waals surface area contributed by atoms with Gasteiger partial charge in [-0.15, -0.1) is 0 Å². The van der Waals surface area contributed by atoms with E-state index in [1.165, 1.54) is 25.3 Å². The van der Waals surface area contributed by atoms with Crippen LogP contribution in [0.5, 0.6) is 0 Å². The average Bonchev–Trinajstić information content (AvgIpc) is 2.62. The molecule has 0 fully saturated rings. The van der Waals surface area contributed by atoms with Crippen LogP contribution in [0, 0.1) is 12.8 Å². The van der Waals surface area contributed by atoms with Gasteiger partial charge in [-0.05, 0) is 37.5 Å². The van der Waals surface area contributed by atoms with Gasteiger partial charge in [-0.2, -0.15) is 0 Å². The van der Waals surface area contributed by atoms with Gasteiger partial charge in [-0.1, -0.05) is 25.4 Å². The lowest BCUT2D eigenvalue weighted by atomic mass is 10.1. The standard InChI is InChI=1S/C19H23ClN4O3/c1-11(2)7-8-21-17-10-16(22-12(3)23-17)18(25)24-15-9-13(19(26)27-4)5-6-14(15)20/h5-6,9-11H,7-8H2,1-4H3,(H,24,25)(H,21,22,23). The maximum absolute atomic E-state index is 12.6. The minimum atomic E-state index is -0.517. The molecular formula is C19H23ClN4O3. The summed E-state index contributed by atoms with van der Waals surface area (Å²) in [6, 6.07) is 6.09. The molecule has 0 saturated heterocycles. The Labute approximate surface area is 163 Å². The van der Waals surface area contributed by atoms with Gasteiger partial charge in [-0.25, -0.2) is 14.8 Å². The number of rotatable bonds is 7. The quantitative estimate of drug-likeness (QED) is 0.695. The molecule has 0 aliphatic heterocycles. The molecule has 0 aliphatic carbocycles. The highest BCUT2D eigenvalue weighted by Crippen LogP contribution is 2.24. The fourth-order valence-corrected chi connectivity index (χ4v) is 2.48. The molecule has 8 heteroatoms. The highest BCUT2D eigenvalue weighted by atomic mass is 35.5. The first kappa shape index (κ1) is 20.6. The summed E-state index contributed by atoms with van der Waals surface area (Å²) in [6.45, 7) is 6.74. The Kier molecular flexibility index (Phi) is 7.12. The molecular weight excluding hydrogens is 368 g/mol. The monoisotopic (exact) mass is 390 g/mol. The minimum Gasteiger partial charge on any atom is -0.465 e. The number of aryl methyl sites for hydroxylation is 1. The van der Waals surface area contributed by atoms with Crippen molar-refractivity contribution in [2.45, 2.75) is 27.2 Å². The van der Waals surface area contributed by atoms with Crippen molar-refractivity contribution in [2.75, 3.05) is 24.3 Å². The number of amides is 1. The van der Waals surface area contributed by atoms with Crippen molar-refractivity contribution in [3.05, 3.63) is 46.4 Å². The van der Waals surface area contributed by atoms with E-state index in [-0.39, 0.29) is 11.3 Å². The van der Waals surface area contributed by atoms with Crippen LogP contribution >= 0.6 is 11.6 Å². The molecule has 0 bridgehead atoms. The molecule has 1 aromatic carbocycles. The summed E-state index contributed by atoms with van der Waals surface area (Å²) in [7, 11) is 1.28. The van der Waals surface area contributed by atoms with E-state index < -0.39 is 11.9 Å². The minimum absolute atomic E-state index is 0.203. The number of carbonyl (C=O) groups is 2. The van der Waals surface area contributed by atoms with Crippen LogP contribution in [0.4, 0.5) is 11.5 Å². The molecule has 0 unspecified atom stereocenters. The molecule has 0 spiro atoms. The summed E-state index contributed by atoms with van der Waals surface area (Å²) < 4.78 is 4.68. The van der Waals surface area contributed by atoms with Crippen LogP contribution in [0.3, 0.4) is 0 Å². The van der Waals surface area contributed by atoms with E-state index in [0.717, 1.165) is 13.0 Å². The Balaban J connectivity index is 2.18. The lowest BCUT2D eigenvalue weighted by molar-refractivity contribution is 0.0600. The van der Waals surface area contributed by atoms with Crippen LogP contribution in [0.25, 0.3) is 0 Å². The summed E-state index contributed by atoms with van der Waals surface area (Å²) in [6.07, 6.45) is 0.987. The Bertz CT molecular complexity index is 840. The van der Waals surface area contributed by atoms with Crippen LogP contribution in [-0.2, 0) is 4.74 Å². The van der Waals surface area contributed by atoms with E-state index in [2.05, 4.69) is 39.2 Å². The fourth-order valence-electron chi connectivity index (χ4n) is 2.32. The number of hydrogen-bond donors (Lipinski definition) is 2. The summed E-state index contributed by atoms with van der Waals surface area (Å²) in [5.74, 6) is 0.659. The number of anilines is 2. The first-order valence-corrected chi connectivity index (χ1v) is 8.96. The summed E-state index contributed by atoms with van der Waals surface area (Å²) in [5, 5.41) is 6.18. The Morgan fingerprint density at radius 2 is 1.96 bits per heavy atom. The second kappa shape index (κ2) is 9.32. The topological polar surface area (TPSA) is 93.2 Å². The van der Waals surface area contributed by atoms with Crippen molar-refractivity contribution < 1.29 is 14.3 Å². The van der Waals surface area contributed by atoms with E-state index in [1.807, 2.05) is 0 Å². The summed E-state index contributed by atoms with van der Waals surface area (Å²) in [5.41, 5.74) is 0.788. The zero-order valence-electron chi connectivity index (χ0n) is 15.8. The van der Waals surface area contributed by atoms with Gasteiger partial charge in [0, 0.05) is 12.6 Å². The second-order valence-corrected chi connectivity index (χ2v) is 6.84. The van der Waals surface area contributed by atoms with Gasteiger partial charge < -0.3 is 15.4 Å². The number of ether oxygens (including phenoxy) is 1. The molecule has 2 N–H and O–H groups in total. The first-order chi connectivity index (χ1) is 12.8. The smallest absolute Gasteiger partial charge is 0.337 e. The number of hydrogen-bond acceptors (Lipinski definition) is 6. The summed E-state index contributed by atoms with van der Waals surface area (Å²) >= 11 is 6.12. The van der Waals surface area contributed by atoms with Crippen molar-refractivity contribution in [1.82, 2.24) is 9.97 Å². The highest BCUT2D eigenvalue weighted by molar-refractivity contribution is 6.34. The van der Waals surface area contributed by atoms with Crippen molar-refractivity contribution in [3.63, 3.8) is 0 Å². The number of benzene rings is 1. The molecule has 7 nitrogen and oxygen atoms in total. The predicted octanol–water partition coefficient (Wildman–Crippen LogP) is 3.94. The fraction of sp³-hybridized carbons (Fsp3) is 0.368. The number of nitrogens with zero attached hydrogens (tertiary/aromatic N) is 2. The SMILES string of the molecule is COC(=O)c1ccc(Cl)c(NC(=O)c2cc(NCCC(C)C)nc(C)n2)c1. The van der Waals surface area contributed by atoms with E-state index in [4.69, 9.17) is 11.6 Å². The normalized spacial score (nSPS) is 10.6. The number of esters is 1. The summed E-state index contributed by atoms with van der Waals surface area (Å²) in [4.78, 5) is 32.7. The molecule has 1 aromatic heterocycles. The van der Waals surface area contributed by atoms with Crippen LogP contribution < -0.4 is 10.6 Å². The third kappa shape index (κ3) is 5.92. The second-order valence-electron chi connectivity index (χ2n) is 6.44. The lowest BCUT2D eigenvalue weighted by Crippen LogP contribution is -2.17. The van der Waals surface area contributed by atoms with Gasteiger partial charge in [-0.3, -0.25) is 4.79 Å². The maximum Gasteiger partial charge on any atom is 0.337 e. The van der Waals surface area contributed by atoms with Crippen molar-refractivity contribution >= 4 is 35.0 Å².